The fourth-order valence-electron chi connectivity index (χ4n) is 2.12. The van der Waals surface area contributed by atoms with Crippen LogP contribution >= 0.6 is 0 Å². The molecule has 0 radical (unpaired) electrons. The van der Waals surface area contributed by atoms with Crippen LogP contribution in [-0.4, -0.2) is 29.9 Å². The van der Waals surface area contributed by atoms with Crippen molar-refractivity contribution in [3.05, 3.63) is 59.9 Å². The lowest BCUT2D eigenvalue weighted by Crippen LogP contribution is -2.41. The number of rotatable bonds is 6. The van der Waals surface area contributed by atoms with Gasteiger partial charge in [-0.15, -0.1) is 0 Å². The van der Waals surface area contributed by atoms with Crippen LogP contribution in [0.5, 0.6) is 0 Å². The summed E-state index contributed by atoms with van der Waals surface area (Å²) in [7, 11) is 0. The SMILES string of the molecule is CCNC(=NCc1ccc(C(F)(F)F)cc1)NCC(=O)Nc1cccnc1. The Labute approximate surface area is 154 Å². The van der Waals surface area contributed by atoms with Crippen LogP contribution in [0.2, 0.25) is 0 Å². The van der Waals surface area contributed by atoms with Gasteiger partial charge in [0.2, 0.25) is 5.91 Å². The molecular weight excluding hydrogens is 359 g/mol. The first-order valence-corrected chi connectivity index (χ1v) is 8.26. The summed E-state index contributed by atoms with van der Waals surface area (Å²) in [6.07, 6.45) is -1.23. The third kappa shape index (κ3) is 6.96. The van der Waals surface area contributed by atoms with E-state index in [0.29, 0.717) is 23.8 Å². The molecular formula is C18H20F3N5O. The average Bonchev–Trinajstić information content (AvgIpc) is 2.64. The third-order valence-corrected chi connectivity index (χ3v) is 3.41. The van der Waals surface area contributed by atoms with E-state index in [1.165, 1.54) is 18.3 Å². The van der Waals surface area contributed by atoms with Crippen LogP contribution in [0, 0.1) is 0 Å². The zero-order valence-electron chi connectivity index (χ0n) is 14.7. The molecule has 6 nitrogen and oxygen atoms in total. The predicted molar refractivity (Wildman–Crippen MR) is 97.1 cm³/mol. The summed E-state index contributed by atoms with van der Waals surface area (Å²) in [6, 6.07) is 8.22. The molecule has 0 saturated carbocycles. The molecule has 9 heteroatoms. The minimum atomic E-state index is -4.36. The number of anilines is 1. The van der Waals surface area contributed by atoms with Gasteiger partial charge >= 0.3 is 6.18 Å². The van der Waals surface area contributed by atoms with Crippen molar-refractivity contribution in [2.75, 3.05) is 18.4 Å². The Morgan fingerprint density at radius 3 is 2.48 bits per heavy atom. The van der Waals surface area contributed by atoms with Gasteiger partial charge in [0.05, 0.1) is 30.5 Å². The number of nitrogens with one attached hydrogen (secondary N) is 3. The minimum absolute atomic E-state index is 0.0201. The van der Waals surface area contributed by atoms with Gasteiger partial charge in [-0.05, 0) is 36.8 Å². The second-order valence-electron chi connectivity index (χ2n) is 5.53. The van der Waals surface area contributed by atoms with Crippen LogP contribution in [-0.2, 0) is 17.5 Å². The number of carbonyl (C=O) groups excluding carboxylic acids is 1. The number of aromatic nitrogens is 1. The van der Waals surface area contributed by atoms with E-state index in [1.54, 1.807) is 18.3 Å². The van der Waals surface area contributed by atoms with E-state index < -0.39 is 11.7 Å². The lowest BCUT2D eigenvalue weighted by molar-refractivity contribution is -0.137. The molecule has 1 heterocycles. The largest absolute Gasteiger partial charge is 0.416 e. The number of carbonyl (C=O) groups is 1. The van der Waals surface area contributed by atoms with E-state index in [0.717, 1.165) is 12.1 Å². The van der Waals surface area contributed by atoms with Crippen molar-refractivity contribution in [1.29, 1.82) is 0 Å². The standard InChI is InChI=1S/C18H20F3N5O/c1-2-23-17(25-12-16(27)26-15-4-3-9-22-11-15)24-10-13-5-7-14(8-6-13)18(19,20)21/h3-9,11H,2,10,12H2,1H3,(H,26,27)(H2,23,24,25). The van der Waals surface area contributed by atoms with Crippen molar-refractivity contribution in [3.63, 3.8) is 0 Å². The normalized spacial score (nSPS) is 11.8. The highest BCUT2D eigenvalue weighted by atomic mass is 19.4. The molecule has 0 spiro atoms. The first-order valence-electron chi connectivity index (χ1n) is 8.26. The maximum atomic E-state index is 12.6. The number of alkyl halides is 3. The lowest BCUT2D eigenvalue weighted by Gasteiger charge is -2.12. The summed E-state index contributed by atoms with van der Waals surface area (Å²) in [4.78, 5) is 20.1. The second-order valence-corrected chi connectivity index (χ2v) is 5.53. The molecule has 0 bridgehead atoms. The number of halogens is 3. The fourth-order valence-corrected chi connectivity index (χ4v) is 2.12. The molecule has 2 aromatic rings. The summed E-state index contributed by atoms with van der Waals surface area (Å²) in [5, 5.41) is 8.53. The molecule has 0 fully saturated rings. The van der Waals surface area contributed by atoms with Gasteiger partial charge in [-0.25, -0.2) is 4.99 Å². The van der Waals surface area contributed by atoms with Crippen LogP contribution in [0.25, 0.3) is 0 Å². The van der Waals surface area contributed by atoms with E-state index in [-0.39, 0.29) is 19.0 Å². The van der Waals surface area contributed by atoms with Crippen LogP contribution < -0.4 is 16.0 Å². The van der Waals surface area contributed by atoms with Crippen molar-refractivity contribution in [2.24, 2.45) is 4.99 Å². The Kier molecular flexibility index (Phi) is 7.16. The highest BCUT2D eigenvalue weighted by Crippen LogP contribution is 2.29. The zero-order valence-corrected chi connectivity index (χ0v) is 14.7. The van der Waals surface area contributed by atoms with Crippen molar-refractivity contribution in [2.45, 2.75) is 19.6 Å². The van der Waals surface area contributed by atoms with Crippen LogP contribution in [0.15, 0.2) is 53.8 Å². The Bertz CT molecular complexity index is 761. The summed E-state index contributed by atoms with van der Waals surface area (Å²) >= 11 is 0. The Balaban J connectivity index is 1.90. The van der Waals surface area contributed by atoms with Gasteiger partial charge in [0.15, 0.2) is 5.96 Å². The number of nitrogens with zero attached hydrogens (tertiary/aromatic N) is 2. The Morgan fingerprint density at radius 2 is 1.89 bits per heavy atom. The first kappa shape index (κ1) is 20.2. The van der Waals surface area contributed by atoms with Crippen molar-refractivity contribution < 1.29 is 18.0 Å². The van der Waals surface area contributed by atoms with E-state index >= 15 is 0 Å². The average molecular weight is 379 g/mol. The molecule has 144 valence electrons. The maximum Gasteiger partial charge on any atom is 0.416 e. The molecule has 27 heavy (non-hydrogen) atoms. The topological polar surface area (TPSA) is 78.4 Å². The molecule has 2 rings (SSSR count). The van der Waals surface area contributed by atoms with Gasteiger partial charge in [-0.1, -0.05) is 12.1 Å². The maximum absolute atomic E-state index is 12.6. The van der Waals surface area contributed by atoms with Gasteiger partial charge in [0.1, 0.15) is 0 Å². The van der Waals surface area contributed by atoms with Crippen LogP contribution in [0.1, 0.15) is 18.1 Å². The number of guanidine groups is 1. The zero-order chi connectivity index (χ0) is 19.7. The molecule has 0 atom stereocenters. The van der Waals surface area contributed by atoms with Gasteiger partial charge < -0.3 is 16.0 Å². The summed E-state index contributed by atoms with van der Waals surface area (Å²) in [5.74, 6) is 0.113. The number of hydrogen-bond acceptors (Lipinski definition) is 3. The Morgan fingerprint density at radius 1 is 1.15 bits per heavy atom. The Hall–Kier alpha value is -3.10. The van der Waals surface area contributed by atoms with Crippen LogP contribution in [0.3, 0.4) is 0 Å². The van der Waals surface area contributed by atoms with Gasteiger partial charge in [0, 0.05) is 12.7 Å². The number of amides is 1. The van der Waals surface area contributed by atoms with Crippen molar-refractivity contribution >= 4 is 17.6 Å². The number of pyridine rings is 1. The molecule has 3 N–H and O–H groups in total. The summed E-state index contributed by atoms with van der Waals surface area (Å²) < 4.78 is 37.7. The first-order chi connectivity index (χ1) is 12.9. The molecule has 1 amide bonds. The smallest absolute Gasteiger partial charge is 0.357 e. The molecule has 0 saturated heterocycles. The van der Waals surface area contributed by atoms with E-state index in [2.05, 4.69) is 25.9 Å². The fraction of sp³-hybridized carbons (Fsp3) is 0.278. The lowest BCUT2D eigenvalue weighted by atomic mass is 10.1. The molecule has 1 aromatic heterocycles. The molecule has 0 aliphatic rings. The second kappa shape index (κ2) is 9.56. The quantitative estimate of drug-likeness (QED) is 0.533. The summed E-state index contributed by atoms with van der Waals surface area (Å²) in [5.41, 5.74) is 0.503. The molecule has 0 aliphatic heterocycles. The summed E-state index contributed by atoms with van der Waals surface area (Å²) in [6.45, 7) is 2.60. The minimum Gasteiger partial charge on any atom is -0.357 e. The van der Waals surface area contributed by atoms with Crippen LogP contribution in [0.4, 0.5) is 18.9 Å². The monoisotopic (exact) mass is 379 g/mol. The predicted octanol–water partition coefficient (Wildman–Crippen LogP) is 2.79. The van der Waals surface area contributed by atoms with Gasteiger partial charge in [-0.2, -0.15) is 13.2 Å². The van der Waals surface area contributed by atoms with Gasteiger partial charge in [0.25, 0.3) is 0 Å². The number of hydrogen-bond donors (Lipinski definition) is 3. The van der Waals surface area contributed by atoms with E-state index in [9.17, 15) is 18.0 Å². The molecule has 0 aliphatic carbocycles. The van der Waals surface area contributed by atoms with Crippen molar-refractivity contribution in [3.8, 4) is 0 Å². The highest BCUT2D eigenvalue weighted by Gasteiger charge is 2.29. The number of benzene rings is 1. The third-order valence-electron chi connectivity index (χ3n) is 3.41. The van der Waals surface area contributed by atoms with E-state index in [1.807, 2.05) is 6.92 Å². The van der Waals surface area contributed by atoms with Crippen molar-refractivity contribution in [1.82, 2.24) is 15.6 Å². The van der Waals surface area contributed by atoms with E-state index in [4.69, 9.17) is 0 Å². The number of aliphatic imine (C=N–C) groups is 1. The molecule has 0 unspecified atom stereocenters. The highest BCUT2D eigenvalue weighted by molar-refractivity contribution is 5.94. The molecule has 1 aromatic carbocycles. The van der Waals surface area contributed by atoms with Gasteiger partial charge in [-0.3, -0.25) is 9.78 Å².